The van der Waals surface area contributed by atoms with Crippen LogP contribution in [0.4, 0.5) is 0 Å². The maximum atomic E-state index is 11.3. The number of hydrogen-bond acceptors (Lipinski definition) is 2. The molecule has 0 saturated carbocycles. The molecule has 0 aliphatic rings. The zero-order valence-electron chi connectivity index (χ0n) is 10.4. The van der Waals surface area contributed by atoms with E-state index in [1.54, 1.807) is 12.1 Å². The topological polar surface area (TPSA) is 42.2 Å². The summed E-state index contributed by atoms with van der Waals surface area (Å²) in [6.07, 6.45) is 1.87. The first-order chi connectivity index (χ1) is 7.58. The van der Waals surface area contributed by atoms with Gasteiger partial charge in [-0.2, -0.15) is 0 Å². The van der Waals surface area contributed by atoms with Crippen LogP contribution in [0.5, 0.6) is 0 Å². The number of pyridine rings is 1. The molecule has 1 aromatic heterocycles. The molecule has 0 bridgehead atoms. The lowest BCUT2D eigenvalue weighted by Crippen LogP contribution is -2.18. The van der Waals surface area contributed by atoms with Crippen LogP contribution < -0.4 is 5.43 Å². The first-order valence-corrected chi connectivity index (χ1v) is 5.87. The number of aryl methyl sites for hydroxylation is 2. The minimum Gasteiger partial charge on any atom is -0.396 e. The van der Waals surface area contributed by atoms with E-state index >= 15 is 0 Å². The molecule has 1 N–H and O–H groups in total. The molecular weight excluding hydrogens is 202 g/mol. The summed E-state index contributed by atoms with van der Waals surface area (Å²) in [7, 11) is 0. The highest BCUT2D eigenvalue weighted by Crippen LogP contribution is 2.13. The summed E-state index contributed by atoms with van der Waals surface area (Å²) in [6, 6.07) is 3.33. The van der Waals surface area contributed by atoms with Crippen LogP contribution in [0, 0.1) is 19.8 Å². The molecule has 0 amide bonds. The first kappa shape index (κ1) is 13.0. The van der Waals surface area contributed by atoms with Gasteiger partial charge in [-0.15, -0.1) is 0 Å². The van der Waals surface area contributed by atoms with Gasteiger partial charge in [-0.3, -0.25) is 4.79 Å². The summed E-state index contributed by atoms with van der Waals surface area (Å²) in [4.78, 5) is 11.3. The second-order valence-electron chi connectivity index (χ2n) is 4.37. The maximum Gasteiger partial charge on any atom is 0.182 e. The predicted molar refractivity (Wildman–Crippen MR) is 65.7 cm³/mol. The third-order valence-electron chi connectivity index (χ3n) is 3.11. The van der Waals surface area contributed by atoms with Crippen molar-refractivity contribution < 1.29 is 5.11 Å². The molecule has 3 nitrogen and oxygen atoms in total. The highest BCUT2D eigenvalue weighted by molar-refractivity contribution is 5.12. The number of nitrogens with zero attached hydrogens (tertiary/aromatic N) is 1. The fourth-order valence-electron chi connectivity index (χ4n) is 2.04. The molecular formula is C13H21NO2. The number of rotatable bonds is 5. The molecule has 1 rings (SSSR count). The average Bonchev–Trinajstić information content (AvgIpc) is 2.21. The Morgan fingerprint density at radius 1 is 1.31 bits per heavy atom. The van der Waals surface area contributed by atoms with Crippen LogP contribution in [0.2, 0.25) is 0 Å². The lowest BCUT2D eigenvalue weighted by Gasteiger charge is -2.20. The van der Waals surface area contributed by atoms with Gasteiger partial charge in [-0.05, 0) is 26.2 Å². The smallest absolute Gasteiger partial charge is 0.182 e. The number of hydrogen-bond donors (Lipinski definition) is 1. The Morgan fingerprint density at radius 3 is 2.31 bits per heavy atom. The van der Waals surface area contributed by atoms with Crippen LogP contribution in [-0.2, 0) is 6.54 Å². The van der Waals surface area contributed by atoms with Gasteiger partial charge >= 0.3 is 0 Å². The molecule has 0 aliphatic carbocycles. The van der Waals surface area contributed by atoms with Gasteiger partial charge in [0.05, 0.1) is 0 Å². The molecule has 90 valence electrons. The number of aromatic nitrogens is 1. The Morgan fingerprint density at radius 2 is 1.88 bits per heavy atom. The van der Waals surface area contributed by atoms with Crippen LogP contribution in [-0.4, -0.2) is 16.3 Å². The zero-order valence-corrected chi connectivity index (χ0v) is 10.4. The fourth-order valence-corrected chi connectivity index (χ4v) is 2.04. The van der Waals surface area contributed by atoms with E-state index < -0.39 is 0 Å². The SMILES string of the molecule is CCC(CCO)Cn1c(C)cc(=O)cc1C. The number of aliphatic hydroxyl groups is 1. The Hall–Kier alpha value is -1.09. The van der Waals surface area contributed by atoms with Gasteiger partial charge in [0.25, 0.3) is 0 Å². The fraction of sp³-hybridized carbons (Fsp3) is 0.615. The van der Waals surface area contributed by atoms with Crippen molar-refractivity contribution in [3.63, 3.8) is 0 Å². The van der Waals surface area contributed by atoms with Crippen molar-refractivity contribution in [2.75, 3.05) is 6.61 Å². The van der Waals surface area contributed by atoms with E-state index in [-0.39, 0.29) is 12.0 Å². The van der Waals surface area contributed by atoms with Crippen molar-refractivity contribution in [2.24, 2.45) is 5.92 Å². The predicted octanol–water partition coefficient (Wildman–Crippen LogP) is 1.87. The molecule has 0 aromatic carbocycles. The van der Waals surface area contributed by atoms with E-state index in [1.165, 1.54) is 0 Å². The summed E-state index contributed by atoms with van der Waals surface area (Å²) in [5.74, 6) is 0.477. The minimum absolute atomic E-state index is 0.0708. The molecule has 0 saturated heterocycles. The monoisotopic (exact) mass is 223 g/mol. The van der Waals surface area contributed by atoms with Gasteiger partial charge in [0.15, 0.2) is 5.43 Å². The average molecular weight is 223 g/mol. The van der Waals surface area contributed by atoms with Crippen LogP contribution in [0.25, 0.3) is 0 Å². The highest BCUT2D eigenvalue weighted by atomic mass is 16.3. The van der Waals surface area contributed by atoms with E-state index in [0.717, 1.165) is 30.8 Å². The summed E-state index contributed by atoms with van der Waals surface area (Å²) in [5, 5.41) is 8.97. The Labute approximate surface area is 96.7 Å². The van der Waals surface area contributed by atoms with Gasteiger partial charge in [0.1, 0.15) is 0 Å². The molecule has 0 aliphatic heterocycles. The summed E-state index contributed by atoms with van der Waals surface area (Å²) >= 11 is 0. The Bertz CT molecular complexity index is 369. The zero-order chi connectivity index (χ0) is 12.1. The van der Waals surface area contributed by atoms with Crippen LogP contribution in [0.15, 0.2) is 16.9 Å². The molecule has 0 spiro atoms. The molecule has 16 heavy (non-hydrogen) atoms. The molecule has 1 unspecified atom stereocenters. The first-order valence-electron chi connectivity index (χ1n) is 5.87. The molecule has 0 fully saturated rings. The van der Waals surface area contributed by atoms with Crippen LogP contribution >= 0.6 is 0 Å². The van der Waals surface area contributed by atoms with Crippen LogP contribution in [0.3, 0.4) is 0 Å². The second kappa shape index (κ2) is 5.85. The lowest BCUT2D eigenvalue weighted by molar-refractivity contribution is 0.242. The van der Waals surface area contributed by atoms with Crippen molar-refractivity contribution in [3.05, 3.63) is 33.7 Å². The third kappa shape index (κ3) is 3.20. The molecule has 1 atom stereocenters. The van der Waals surface area contributed by atoms with Gasteiger partial charge in [0.2, 0.25) is 0 Å². The minimum atomic E-state index is 0.0708. The van der Waals surface area contributed by atoms with Crippen molar-refractivity contribution in [2.45, 2.75) is 40.2 Å². The maximum absolute atomic E-state index is 11.3. The van der Waals surface area contributed by atoms with Crippen molar-refractivity contribution in [1.29, 1.82) is 0 Å². The van der Waals surface area contributed by atoms with Crippen LogP contribution in [0.1, 0.15) is 31.2 Å². The molecule has 3 heteroatoms. The largest absolute Gasteiger partial charge is 0.396 e. The molecule has 0 radical (unpaired) electrons. The Balaban J connectivity index is 2.91. The Kier molecular flexibility index (Phi) is 4.74. The lowest BCUT2D eigenvalue weighted by atomic mass is 10.0. The van der Waals surface area contributed by atoms with Crippen molar-refractivity contribution in [1.82, 2.24) is 4.57 Å². The van der Waals surface area contributed by atoms with Gasteiger partial charge in [-0.1, -0.05) is 13.3 Å². The van der Waals surface area contributed by atoms with Gasteiger partial charge in [0, 0.05) is 36.7 Å². The van der Waals surface area contributed by atoms with Gasteiger partial charge in [-0.25, -0.2) is 0 Å². The quantitative estimate of drug-likeness (QED) is 0.828. The second-order valence-corrected chi connectivity index (χ2v) is 4.37. The van der Waals surface area contributed by atoms with Gasteiger partial charge < -0.3 is 9.67 Å². The van der Waals surface area contributed by atoms with E-state index in [4.69, 9.17) is 5.11 Å². The normalized spacial score (nSPS) is 12.8. The summed E-state index contributed by atoms with van der Waals surface area (Å²) in [6.45, 7) is 7.17. The third-order valence-corrected chi connectivity index (χ3v) is 3.11. The van der Waals surface area contributed by atoms with E-state index in [0.29, 0.717) is 5.92 Å². The van der Waals surface area contributed by atoms with E-state index in [1.807, 2.05) is 13.8 Å². The summed E-state index contributed by atoms with van der Waals surface area (Å²) in [5.41, 5.74) is 2.07. The highest BCUT2D eigenvalue weighted by Gasteiger charge is 2.09. The van der Waals surface area contributed by atoms with E-state index in [2.05, 4.69) is 11.5 Å². The van der Waals surface area contributed by atoms with Crippen molar-refractivity contribution in [3.8, 4) is 0 Å². The molecule has 1 heterocycles. The molecule has 1 aromatic rings. The standard InChI is InChI=1S/C13H21NO2/c1-4-12(5-6-15)9-14-10(2)7-13(16)8-11(14)3/h7-8,12,15H,4-6,9H2,1-3H3. The van der Waals surface area contributed by atoms with Crippen molar-refractivity contribution >= 4 is 0 Å². The number of aliphatic hydroxyl groups excluding tert-OH is 1. The van der Waals surface area contributed by atoms with E-state index in [9.17, 15) is 4.79 Å². The summed E-state index contributed by atoms with van der Waals surface area (Å²) < 4.78 is 2.16.